The van der Waals surface area contributed by atoms with E-state index in [1.54, 1.807) is 6.07 Å². The molecule has 3 nitrogen and oxygen atoms in total. The van der Waals surface area contributed by atoms with Crippen LogP contribution in [0.3, 0.4) is 0 Å². The summed E-state index contributed by atoms with van der Waals surface area (Å²) in [5, 5.41) is 0. The number of halogens is 1. The molecule has 0 aliphatic heterocycles. The van der Waals surface area contributed by atoms with Crippen molar-refractivity contribution in [3.05, 3.63) is 89.2 Å². The second-order valence-corrected chi connectivity index (χ2v) is 8.93. The highest BCUT2D eigenvalue weighted by Crippen LogP contribution is 2.27. The van der Waals surface area contributed by atoms with Gasteiger partial charge in [0.25, 0.3) is 0 Å². The van der Waals surface area contributed by atoms with Crippen LogP contribution in [0.5, 0.6) is 5.75 Å². The molecule has 0 aliphatic carbocycles. The van der Waals surface area contributed by atoms with E-state index < -0.39 is 17.9 Å². The van der Waals surface area contributed by atoms with E-state index in [1.807, 2.05) is 31.2 Å². The van der Waals surface area contributed by atoms with Gasteiger partial charge in [-0.1, -0.05) is 95.0 Å². The molecule has 0 aliphatic rings. The summed E-state index contributed by atoms with van der Waals surface area (Å²) < 4.78 is 25.7. The van der Waals surface area contributed by atoms with Crippen LogP contribution in [-0.2, 0) is 11.2 Å². The van der Waals surface area contributed by atoms with Crippen LogP contribution in [-0.4, -0.2) is 12.6 Å². The van der Waals surface area contributed by atoms with Crippen LogP contribution in [0.4, 0.5) is 4.39 Å². The van der Waals surface area contributed by atoms with Crippen LogP contribution in [0.15, 0.2) is 66.7 Å². The molecule has 1 unspecified atom stereocenters. The van der Waals surface area contributed by atoms with Gasteiger partial charge in [-0.25, -0.2) is 9.18 Å². The van der Waals surface area contributed by atoms with Gasteiger partial charge >= 0.3 is 5.97 Å². The van der Waals surface area contributed by atoms with Gasteiger partial charge in [0.1, 0.15) is 6.10 Å². The molecule has 0 fully saturated rings. The molecule has 0 aromatic heterocycles. The van der Waals surface area contributed by atoms with Crippen molar-refractivity contribution in [3.63, 3.8) is 0 Å². The number of hydrogen-bond donors (Lipinski definition) is 0. The molecular formula is C31H37FO3. The monoisotopic (exact) mass is 476 g/mol. The first-order chi connectivity index (χ1) is 17.0. The molecule has 1 atom stereocenters. The lowest BCUT2D eigenvalue weighted by atomic mass is 9.99. The quantitative estimate of drug-likeness (QED) is 0.183. The highest BCUT2D eigenvalue weighted by molar-refractivity contribution is 5.89. The Labute approximate surface area is 209 Å². The third kappa shape index (κ3) is 7.68. The molecule has 3 aromatic carbocycles. The van der Waals surface area contributed by atoms with Crippen molar-refractivity contribution >= 4 is 5.97 Å². The zero-order valence-corrected chi connectivity index (χ0v) is 21.2. The Morgan fingerprint density at radius 1 is 0.829 bits per heavy atom. The fourth-order valence-corrected chi connectivity index (χ4v) is 4.08. The number of rotatable bonds is 13. The fraction of sp³-hybridized carbons (Fsp3) is 0.387. The van der Waals surface area contributed by atoms with Gasteiger partial charge in [0.15, 0.2) is 11.6 Å². The Kier molecular flexibility index (Phi) is 10.3. The van der Waals surface area contributed by atoms with Crippen molar-refractivity contribution in [1.82, 2.24) is 0 Å². The van der Waals surface area contributed by atoms with Crippen LogP contribution in [0.1, 0.15) is 86.9 Å². The van der Waals surface area contributed by atoms with Crippen molar-refractivity contribution in [2.24, 2.45) is 0 Å². The summed E-state index contributed by atoms with van der Waals surface area (Å²) in [5.74, 6) is -0.915. The lowest BCUT2D eigenvalue weighted by Gasteiger charge is -2.17. The minimum absolute atomic E-state index is 0.170. The average molecular weight is 477 g/mol. The molecule has 35 heavy (non-hydrogen) atoms. The molecule has 3 rings (SSSR count). The first-order valence-electron chi connectivity index (χ1n) is 12.9. The van der Waals surface area contributed by atoms with Gasteiger partial charge in [-0.3, -0.25) is 0 Å². The molecule has 0 saturated heterocycles. The zero-order valence-electron chi connectivity index (χ0n) is 21.2. The predicted octanol–water partition coefficient (Wildman–Crippen LogP) is 8.71. The van der Waals surface area contributed by atoms with Crippen LogP contribution < -0.4 is 4.74 Å². The standard InChI is InChI=1S/C31H37FO3/c1-4-7-8-9-21-34-30-20-19-27(22-28(30)32)31(33)35-29(6-3)26-17-15-25(16-18-26)24-13-11-23(10-5-2)12-14-24/h11-20,22,29H,4-10,21H2,1-3H3. The lowest BCUT2D eigenvalue weighted by molar-refractivity contribution is 0.0287. The molecule has 0 N–H and O–H groups in total. The number of aryl methyl sites for hydroxylation is 1. The number of carbonyl (C=O) groups is 1. The van der Waals surface area contributed by atoms with Gasteiger partial charge in [0.05, 0.1) is 12.2 Å². The van der Waals surface area contributed by atoms with Crippen LogP contribution in [0.2, 0.25) is 0 Å². The molecule has 0 amide bonds. The van der Waals surface area contributed by atoms with E-state index in [9.17, 15) is 9.18 Å². The number of carbonyl (C=O) groups excluding carboxylic acids is 1. The van der Waals surface area contributed by atoms with Crippen LogP contribution in [0.25, 0.3) is 11.1 Å². The predicted molar refractivity (Wildman–Crippen MR) is 140 cm³/mol. The fourth-order valence-electron chi connectivity index (χ4n) is 4.08. The van der Waals surface area contributed by atoms with E-state index in [2.05, 4.69) is 38.1 Å². The molecular weight excluding hydrogens is 439 g/mol. The zero-order chi connectivity index (χ0) is 25.0. The molecule has 0 saturated carbocycles. The molecule has 0 radical (unpaired) electrons. The van der Waals surface area contributed by atoms with E-state index in [1.165, 1.54) is 17.7 Å². The van der Waals surface area contributed by atoms with E-state index in [0.29, 0.717) is 13.0 Å². The maximum Gasteiger partial charge on any atom is 0.338 e. The third-order valence-electron chi connectivity index (χ3n) is 6.15. The SMILES string of the molecule is CCCCCCOc1ccc(C(=O)OC(CC)c2ccc(-c3ccc(CCC)cc3)cc2)cc1F. The molecule has 0 heterocycles. The van der Waals surface area contributed by atoms with Gasteiger partial charge in [-0.15, -0.1) is 0 Å². The van der Waals surface area contributed by atoms with Gasteiger partial charge in [-0.2, -0.15) is 0 Å². The molecule has 0 bridgehead atoms. The maximum atomic E-state index is 14.5. The van der Waals surface area contributed by atoms with Crippen molar-refractivity contribution < 1.29 is 18.7 Å². The van der Waals surface area contributed by atoms with E-state index in [0.717, 1.165) is 55.2 Å². The molecule has 4 heteroatoms. The van der Waals surface area contributed by atoms with E-state index in [-0.39, 0.29) is 11.3 Å². The van der Waals surface area contributed by atoms with Crippen molar-refractivity contribution in [2.45, 2.75) is 71.8 Å². The highest BCUT2D eigenvalue weighted by Gasteiger charge is 2.18. The normalized spacial score (nSPS) is 11.8. The number of unbranched alkanes of at least 4 members (excludes halogenated alkanes) is 3. The Morgan fingerprint density at radius 3 is 2.11 bits per heavy atom. The number of ether oxygens (including phenoxy) is 2. The van der Waals surface area contributed by atoms with Gasteiger partial charge in [-0.05, 0) is 59.7 Å². The lowest BCUT2D eigenvalue weighted by Crippen LogP contribution is -2.12. The number of hydrogen-bond acceptors (Lipinski definition) is 3. The van der Waals surface area contributed by atoms with Crippen LogP contribution in [0, 0.1) is 5.82 Å². The summed E-state index contributed by atoms with van der Waals surface area (Å²) in [4.78, 5) is 12.7. The topological polar surface area (TPSA) is 35.5 Å². The summed E-state index contributed by atoms with van der Waals surface area (Å²) in [6, 6.07) is 21.0. The average Bonchev–Trinajstić information content (AvgIpc) is 2.88. The molecule has 186 valence electrons. The smallest absolute Gasteiger partial charge is 0.338 e. The first kappa shape index (κ1) is 26.5. The first-order valence-corrected chi connectivity index (χ1v) is 12.9. The van der Waals surface area contributed by atoms with Crippen LogP contribution >= 0.6 is 0 Å². The summed E-state index contributed by atoms with van der Waals surface area (Å²) in [6.07, 6.45) is 6.67. The minimum Gasteiger partial charge on any atom is -0.491 e. The number of benzene rings is 3. The van der Waals surface area contributed by atoms with E-state index in [4.69, 9.17) is 9.47 Å². The maximum absolute atomic E-state index is 14.5. The Hall–Kier alpha value is -3.14. The third-order valence-corrected chi connectivity index (χ3v) is 6.15. The Bertz CT molecular complexity index is 1060. The number of esters is 1. The second kappa shape index (κ2) is 13.7. The summed E-state index contributed by atoms with van der Waals surface area (Å²) in [6.45, 7) is 6.76. The van der Waals surface area contributed by atoms with Crippen molar-refractivity contribution in [3.8, 4) is 16.9 Å². The minimum atomic E-state index is -0.544. The van der Waals surface area contributed by atoms with E-state index >= 15 is 0 Å². The summed E-state index contributed by atoms with van der Waals surface area (Å²) >= 11 is 0. The van der Waals surface area contributed by atoms with Gasteiger partial charge < -0.3 is 9.47 Å². The van der Waals surface area contributed by atoms with Gasteiger partial charge in [0.2, 0.25) is 0 Å². The van der Waals surface area contributed by atoms with Gasteiger partial charge in [0, 0.05) is 0 Å². The highest BCUT2D eigenvalue weighted by atomic mass is 19.1. The Balaban J connectivity index is 1.61. The second-order valence-electron chi connectivity index (χ2n) is 8.93. The molecule has 3 aromatic rings. The van der Waals surface area contributed by atoms with Crippen molar-refractivity contribution in [1.29, 1.82) is 0 Å². The van der Waals surface area contributed by atoms with Crippen molar-refractivity contribution in [2.75, 3.05) is 6.61 Å². The largest absolute Gasteiger partial charge is 0.491 e. The Morgan fingerprint density at radius 2 is 1.51 bits per heavy atom. The summed E-state index contributed by atoms with van der Waals surface area (Å²) in [5.41, 5.74) is 4.71. The summed E-state index contributed by atoms with van der Waals surface area (Å²) in [7, 11) is 0. The molecule has 0 spiro atoms.